The van der Waals surface area contributed by atoms with Crippen molar-refractivity contribution >= 4 is 5.82 Å². The maximum absolute atomic E-state index is 5.46. The number of hydrogen-bond donors (Lipinski definition) is 1. The quantitative estimate of drug-likeness (QED) is 0.851. The van der Waals surface area contributed by atoms with E-state index in [1.54, 1.807) is 0 Å². The summed E-state index contributed by atoms with van der Waals surface area (Å²) in [6.07, 6.45) is 1.02. The second-order valence-corrected chi connectivity index (χ2v) is 4.96. The van der Waals surface area contributed by atoms with Gasteiger partial charge in [0.25, 0.3) is 0 Å². The third-order valence-corrected chi connectivity index (χ3v) is 3.66. The standard InChI is InChI=1S/C14H15N3O2/c1-9-6-14-15-5-4-11(17(14)16-9)10-2-3-12-13(7-10)19-8-18-12/h2-3,6-7,11,15H,4-5,8H2,1H3. The minimum Gasteiger partial charge on any atom is -0.454 e. The first-order valence-corrected chi connectivity index (χ1v) is 6.51. The molecule has 0 bridgehead atoms. The number of nitrogens with one attached hydrogen (secondary N) is 1. The van der Waals surface area contributed by atoms with Crippen LogP contribution in [0.15, 0.2) is 24.3 Å². The maximum atomic E-state index is 5.46. The Hall–Kier alpha value is -2.17. The van der Waals surface area contributed by atoms with Crippen molar-refractivity contribution in [2.24, 2.45) is 0 Å². The van der Waals surface area contributed by atoms with Crippen molar-refractivity contribution in [3.63, 3.8) is 0 Å². The van der Waals surface area contributed by atoms with Crippen LogP contribution in [0.5, 0.6) is 11.5 Å². The van der Waals surface area contributed by atoms with Gasteiger partial charge in [-0.15, -0.1) is 0 Å². The van der Waals surface area contributed by atoms with Gasteiger partial charge in [-0.05, 0) is 31.0 Å². The summed E-state index contributed by atoms with van der Waals surface area (Å²) in [6.45, 7) is 3.30. The topological polar surface area (TPSA) is 48.3 Å². The minimum absolute atomic E-state index is 0.263. The molecule has 0 saturated carbocycles. The molecule has 1 aromatic carbocycles. The van der Waals surface area contributed by atoms with Gasteiger partial charge in [0.2, 0.25) is 6.79 Å². The second-order valence-electron chi connectivity index (χ2n) is 4.96. The molecule has 0 radical (unpaired) electrons. The molecule has 1 N–H and O–H groups in total. The van der Waals surface area contributed by atoms with Gasteiger partial charge in [-0.3, -0.25) is 0 Å². The van der Waals surface area contributed by atoms with Crippen LogP contribution >= 0.6 is 0 Å². The lowest BCUT2D eigenvalue weighted by Gasteiger charge is -2.26. The van der Waals surface area contributed by atoms with Gasteiger partial charge in [-0.1, -0.05) is 6.07 Å². The zero-order chi connectivity index (χ0) is 12.8. The van der Waals surface area contributed by atoms with E-state index >= 15 is 0 Å². The van der Waals surface area contributed by atoms with Gasteiger partial charge in [0, 0.05) is 12.6 Å². The first-order chi connectivity index (χ1) is 9.31. The largest absolute Gasteiger partial charge is 0.454 e. The molecule has 5 nitrogen and oxygen atoms in total. The van der Waals surface area contributed by atoms with Crippen LogP contribution in [-0.2, 0) is 0 Å². The van der Waals surface area contributed by atoms with Gasteiger partial charge in [0.05, 0.1) is 11.7 Å². The van der Waals surface area contributed by atoms with Crippen LogP contribution in [0.25, 0.3) is 0 Å². The zero-order valence-electron chi connectivity index (χ0n) is 10.7. The highest BCUT2D eigenvalue weighted by Gasteiger charge is 2.24. The predicted octanol–water partition coefficient (Wildman–Crippen LogP) is 2.33. The fourth-order valence-corrected chi connectivity index (χ4v) is 2.77. The lowest BCUT2D eigenvalue weighted by molar-refractivity contribution is 0.174. The molecule has 1 aromatic heterocycles. The van der Waals surface area contributed by atoms with E-state index in [-0.39, 0.29) is 6.04 Å². The van der Waals surface area contributed by atoms with Gasteiger partial charge < -0.3 is 14.8 Å². The van der Waals surface area contributed by atoms with Gasteiger partial charge in [0.1, 0.15) is 5.82 Å². The average molecular weight is 257 g/mol. The Bertz CT molecular complexity index is 636. The average Bonchev–Trinajstić information content (AvgIpc) is 3.01. The molecule has 0 aliphatic carbocycles. The van der Waals surface area contributed by atoms with Crippen molar-refractivity contribution in [3.05, 3.63) is 35.5 Å². The number of aromatic nitrogens is 2. The second kappa shape index (κ2) is 3.91. The van der Waals surface area contributed by atoms with E-state index < -0.39 is 0 Å². The van der Waals surface area contributed by atoms with E-state index in [2.05, 4.69) is 33.3 Å². The van der Waals surface area contributed by atoms with E-state index in [4.69, 9.17) is 9.47 Å². The molecule has 1 atom stereocenters. The van der Waals surface area contributed by atoms with Crippen LogP contribution in [-0.4, -0.2) is 23.1 Å². The molecule has 3 heterocycles. The van der Waals surface area contributed by atoms with Gasteiger partial charge in [-0.25, -0.2) is 4.68 Å². The molecular formula is C14H15N3O2. The Balaban J connectivity index is 1.77. The Kier molecular flexibility index (Phi) is 2.21. The van der Waals surface area contributed by atoms with Crippen LogP contribution in [0.3, 0.4) is 0 Å². The van der Waals surface area contributed by atoms with Crippen LogP contribution in [0.2, 0.25) is 0 Å². The molecule has 0 spiro atoms. The predicted molar refractivity (Wildman–Crippen MR) is 70.8 cm³/mol. The van der Waals surface area contributed by atoms with Crippen molar-refractivity contribution in [3.8, 4) is 11.5 Å². The Morgan fingerprint density at radius 1 is 1.26 bits per heavy atom. The summed E-state index contributed by atoms with van der Waals surface area (Å²) in [7, 11) is 0. The maximum Gasteiger partial charge on any atom is 0.231 e. The molecule has 4 rings (SSSR count). The SMILES string of the molecule is Cc1cc2n(n1)C(c1ccc3c(c1)OCO3)CCN2. The summed E-state index contributed by atoms with van der Waals surface area (Å²) in [4.78, 5) is 0. The van der Waals surface area contributed by atoms with E-state index in [9.17, 15) is 0 Å². The van der Waals surface area contributed by atoms with Crippen LogP contribution in [0, 0.1) is 6.92 Å². The number of rotatable bonds is 1. The number of aryl methyl sites for hydroxylation is 1. The van der Waals surface area contributed by atoms with Crippen LogP contribution in [0.4, 0.5) is 5.82 Å². The van der Waals surface area contributed by atoms with Crippen molar-refractivity contribution in [1.29, 1.82) is 0 Å². The highest BCUT2D eigenvalue weighted by atomic mass is 16.7. The van der Waals surface area contributed by atoms with Crippen molar-refractivity contribution in [2.75, 3.05) is 18.7 Å². The number of hydrogen-bond acceptors (Lipinski definition) is 4. The lowest BCUT2D eigenvalue weighted by atomic mass is 10.0. The fraction of sp³-hybridized carbons (Fsp3) is 0.357. The summed E-state index contributed by atoms with van der Waals surface area (Å²) in [5.41, 5.74) is 2.25. The molecule has 2 aliphatic rings. The van der Waals surface area contributed by atoms with Gasteiger partial charge >= 0.3 is 0 Å². The molecule has 1 unspecified atom stereocenters. The summed E-state index contributed by atoms with van der Waals surface area (Å²) < 4.78 is 12.9. The van der Waals surface area contributed by atoms with E-state index in [1.165, 1.54) is 5.56 Å². The Morgan fingerprint density at radius 2 is 2.16 bits per heavy atom. The number of fused-ring (bicyclic) bond motifs is 2. The van der Waals surface area contributed by atoms with Crippen molar-refractivity contribution in [1.82, 2.24) is 9.78 Å². The van der Waals surface area contributed by atoms with Crippen LogP contribution < -0.4 is 14.8 Å². The molecule has 0 amide bonds. The fourth-order valence-electron chi connectivity index (χ4n) is 2.77. The number of nitrogens with zero attached hydrogens (tertiary/aromatic N) is 2. The van der Waals surface area contributed by atoms with E-state index in [0.717, 1.165) is 36.0 Å². The monoisotopic (exact) mass is 257 g/mol. The van der Waals surface area contributed by atoms with Gasteiger partial charge in [-0.2, -0.15) is 5.10 Å². The zero-order valence-corrected chi connectivity index (χ0v) is 10.7. The lowest BCUT2D eigenvalue weighted by Crippen LogP contribution is -2.24. The molecule has 5 heteroatoms. The van der Waals surface area contributed by atoms with E-state index in [0.29, 0.717) is 6.79 Å². The number of ether oxygens (including phenoxy) is 2. The molecule has 98 valence electrons. The highest BCUT2D eigenvalue weighted by molar-refractivity contribution is 5.47. The molecule has 0 saturated heterocycles. The summed E-state index contributed by atoms with van der Waals surface area (Å²) in [5, 5.41) is 7.96. The first-order valence-electron chi connectivity index (χ1n) is 6.51. The van der Waals surface area contributed by atoms with Crippen LogP contribution in [0.1, 0.15) is 23.7 Å². The Morgan fingerprint density at radius 3 is 3.11 bits per heavy atom. The minimum atomic E-state index is 0.263. The first kappa shape index (κ1) is 10.7. The molecule has 19 heavy (non-hydrogen) atoms. The highest BCUT2D eigenvalue weighted by Crippen LogP contribution is 2.37. The third-order valence-electron chi connectivity index (χ3n) is 3.66. The summed E-state index contributed by atoms with van der Waals surface area (Å²) in [5.74, 6) is 2.75. The van der Waals surface area contributed by atoms with Crippen molar-refractivity contribution in [2.45, 2.75) is 19.4 Å². The summed E-state index contributed by atoms with van der Waals surface area (Å²) >= 11 is 0. The van der Waals surface area contributed by atoms with Gasteiger partial charge in [0.15, 0.2) is 11.5 Å². The third kappa shape index (κ3) is 1.65. The Labute approximate surface area is 111 Å². The number of benzene rings is 1. The van der Waals surface area contributed by atoms with Crippen molar-refractivity contribution < 1.29 is 9.47 Å². The molecule has 2 aromatic rings. The molecule has 2 aliphatic heterocycles. The number of anilines is 1. The summed E-state index contributed by atoms with van der Waals surface area (Å²) in [6, 6.07) is 8.50. The molecule has 0 fully saturated rings. The normalized spacial score (nSPS) is 19.9. The molecular weight excluding hydrogens is 242 g/mol. The van der Waals surface area contributed by atoms with E-state index in [1.807, 2.05) is 13.0 Å². The smallest absolute Gasteiger partial charge is 0.231 e.